The number of aryl methyl sites for hydroxylation is 2. The van der Waals surface area contributed by atoms with E-state index in [1.807, 2.05) is 55.1 Å². The van der Waals surface area contributed by atoms with Gasteiger partial charge in [0.2, 0.25) is 0 Å². The minimum atomic E-state index is 0.118. The topological polar surface area (TPSA) is 76.4 Å². The first-order valence-corrected chi connectivity index (χ1v) is 9.80. The minimum Gasteiger partial charge on any atom is -0.488 e. The van der Waals surface area contributed by atoms with E-state index in [9.17, 15) is 0 Å². The highest BCUT2D eigenvalue weighted by atomic mass is 16.5. The van der Waals surface area contributed by atoms with E-state index in [1.54, 1.807) is 7.05 Å². The lowest BCUT2D eigenvalue weighted by Crippen LogP contribution is -2.41. The molecule has 0 radical (unpaired) electrons. The van der Waals surface area contributed by atoms with Crippen LogP contribution >= 0.6 is 0 Å². The Bertz CT molecular complexity index is 983. The molecule has 3 aromatic rings. The molecule has 0 spiro atoms. The van der Waals surface area contributed by atoms with Crippen molar-refractivity contribution in [3.63, 3.8) is 0 Å². The summed E-state index contributed by atoms with van der Waals surface area (Å²) >= 11 is 0. The largest absolute Gasteiger partial charge is 0.488 e. The SMILES string of the molecule is CN=C(NCc1ccc(-n2nc(C)cc2C)nc1)NCC1Cc2ccccc2O1. The van der Waals surface area contributed by atoms with Gasteiger partial charge in [-0.05, 0) is 43.2 Å². The lowest BCUT2D eigenvalue weighted by molar-refractivity contribution is 0.235. The number of benzene rings is 1. The normalized spacial score (nSPS) is 15.7. The number of fused-ring (bicyclic) bond motifs is 1. The molecule has 7 nitrogen and oxygen atoms in total. The molecular formula is C22H26N6O. The van der Waals surface area contributed by atoms with Gasteiger partial charge in [-0.1, -0.05) is 24.3 Å². The van der Waals surface area contributed by atoms with Crippen LogP contribution in [0.3, 0.4) is 0 Å². The third-order valence-corrected chi connectivity index (χ3v) is 4.93. The average molecular weight is 390 g/mol. The molecule has 1 aliphatic heterocycles. The molecule has 150 valence electrons. The van der Waals surface area contributed by atoms with Gasteiger partial charge in [0.05, 0.1) is 12.2 Å². The lowest BCUT2D eigenvalue weighted by Gasteiger charge is -2.15. The molecule has 0 saturated heterocycles. The fourth-order valence-corrected chi connectivity index (χ4v) is 3.49. The fraction of sp³-hybridized carbons (Fsp3) is 0.318. The zero-order chi connectivity index (χ0) is 20.2. The van der Waals surface area contributed by atoms with E-state index < -0.39 is 0 Å². The molecule has 0 bridgehead atoms. The van der Waals surface area contributed by atoms with Gasteiger partial charge in [-0.2, -0.15) is 5.10 Å². The van der Waals surface area contributed by atoms with Crippen molar-refractivity contribution in [2.24, 2.45) is 4.99 Å². The number of hydrogen-bond donors (Lipinski definition) is 2. The third kappa shape index (κ3) is 4.39. The molecule has 1 aromatic carbocycles. The van der Waals surface area contributed by atoms with Gasteiger partial charge in [0.15, 0.2) is 11.8 Å². The summed E-state index contributed by atoms with van der Waals surface area (Å²) in [6, 6.07) is 14.3. The zero-order valence-corrected chi connectivity index (χ0v) is 17.0. The first-order valence-electron chi connectivity index (χ1n) is 9.80. The summed E-state index contributed by atoms with van der Waals surface area (Å²) in [5, 5.41) is 11.1. The van der Waals surface area contributed by atoms with E-state index in [2.05, 4.69) is 37.8 Å². The van der Waals surface area contributed by atoms with Crippen LogP contribution in [-0.4, -0.2) is 40.4 Å². The molecule has 2 N–H and O–H groups in total. The molecule has 1 unspecified atom stereocenters. The number of aromatic nitrogens is 3. The van der Waals surface area contributed by atoms with Gasteiger partial charge in [0.1, 0.15) is 11.9 Å². The van der Waals surface area contributed by atoms with Crippen molar-refractivity contribution < 1.29 is 4.74 Å². The number of nitrogens with zero attached hydrogens (tertiary/aromatic N) is 4. The summed E-state index contributed by atoms with van der Waals surface area (Å²) < 4.78 is 7.82. The minimum absolute atomic E-state index is 0.118. The Labute approximate surface area is 170 Å². The summed E-state index contributed by atoms with van der Waals surface area (Å²) in [5.74, 6) is 2.54. The molecule has 4 rings (SSSR count). The maximum absolute atomic E-state index is 5.97. The van der Waals surface area contributed by atoms with Crippen molar-refractivity contribution in [3.05, 3.63) is 71.2 Å². The predicted molar refractivity (Wildman–Crippen MR) is 114 cm³/mol. The maximum Gasteiger partial charge on any atom is 0.191 e. The molecule has 3 heterocycles. The van der Waals surface area contributed by atoms with Gasteiger partial charge >= 0.3 is 0 Å². The van der Waals surface area contributed by atoms with Crippen molar-refractivity contribution in [2.75, 3.05) is 13.6 Å². The first kappa shape index (κ1) is 19.0. The molecule has 7 heteroatoms. The summed E-state index contributed by atoms with van der Waals surface area (Å²) in [6.07, 6.45) is 2.90. The number of hydrogen-bond acceptors (Lipinski definition) is 4. The van der Waals surface area contributed by atoms with E-state index in [1.165, 1.54) is 5.56 Å². The Morgan fingerprint density at radius 1 is 1.21 bits per heavy atom. The molecule has 0 amide bonds. The van der Waals surface area contributed by atoms with E-state index in [0.717, 1.165) is 40.9 Å². The molecule has 0 saturated carbocycles. The van der Waals surface area contributed by atoms with Crippen molar-refractivity contribution >= 4 is 5.96 Å². The summed E-state index contributed by atoms with van der Waals surface area (Å²) in [7, 11) is 1.77. The molecule has 2 aromatic heterocycles. The highest BCUT2D eigenvalue weighted by Crippen LogP contribution is 2.27. The second-order valence-electron chi connectivity index (χ2n) is 7.22. The summed E-state index contributed by atoms with van der Waals surface area (Å²) in [5.41, 5.74) is 4.39. The van der Waals surface area contributed by atoms with Crippen molar-refractivity contribution in [2.45, 2.75) is 32.9 Å². The molecular weight excluding hydrogens is 364 g/mol. The Morgan fingerprint density at radius 2 is 2.07 bits per heavy atom. The molecule has 0 fully saturated rings. The standard InChI is InChI=1S/C22H26N6O/c1-15-10-16(2)28(27-15)21-9-8-17(12-24-21)13-25-22(23-3)26-14-19-11-18-6-4-5-7-20(18)29-19/h4-10,12,19H,11,13-14H2,1-3H3,(H2,23,25,26). The molecule has 0 aliphatic carbocycles. The molecule has 1 atom stereocenters. The van der Waals surface area contributed by atoms with Gasteiger partial charge in [-0.3, -0.25) is 4.99 Å². The quantitative estimate of drug-likeness (QED) is 0.517. The van der Waals surface area contributed by atoms with Gasteiger partial charge < -0.3 is 15.4 Å². The van der Waals surface area contributed by atoms with Crippen molar-refractivity contribution in [1.82, 2.24) is 25.4 Å². The van der Waals surface area contributed by atoms with Crippen LogP contribution in [0.25, 0.3) is 5.82 Å². The number of rotatable bonds is 5. The zero-order valence-electron chi connectivity index (χ0n) is 17.0. The Morgan fingerprint density at radius 3 is 2.76 bits per heavy atom. The highest BCUT2D eigenvalue weighted by Gasteiger charge is 2.22. The van der Waals surface area contributed by atoms with E-state index in [4.69, 9.17) is 4.74 Å². The van der Waals surface area contributed by atoms with Crippen molar-refractivity contribution in [3.8, 4) is 11.6 Å². The van der Waals surface area contributed by atoms with Crippen LogP contribution in [0.15, 0.2) is 53.7 Å². The van der Waals surface area contributed by atoms with Crippen LogP contribution in [0.4, 0.5) is 0 Å². The second kappa shape index (κ2) is 8.34. The van der Waals surface area contributed by atoms with E-state index >= 15 is 0 Å². The average Bonchev–Trinajstić information content (AvgIpc) is 3.30. The summed E-state index contributed by atoms with van der Waals surface area (Å²) in [6.45, 7) is 5.34. The first-order chi connectivity index (χ1) is 14.1. The van der Waals surface area contributed by atoms with Gasteiger partial charge in [0.25, 0.3) is 0 Å². The lowest BCUT2D eigenvalue weighted by atomic mass is 10.1. The fourth-order valence-electron chi connectivity index (χ4n) is 3.49. The van der Waals surface area contributed by atoms with E-state index in [0.29, 0.717) is 13.1 Å². The third-order valence-electron chi connectivity index (χ3n) is 4.93. The Kier molecular flexibility index (Phi) is 5.46. The van der Waals surface area contributed by atoms with Crippen LogP contribution in [0.1, 0.15) is 22.5 Å². The molecule has 29 heavy (non-hydrogen) atoms. The van der Waals surface area contributed by atoms with E-state index in [-0.39, 0.29) is 6.10 Å². The maximum atomic E-state index is 5.97. The Hall–Kier alpha value is -3.35. The Balaban J connectivity index is 1.28. The monoisotopic (exact) mass is 390 g/mol. The van der Waals surface area contributed by atoms with Crippen LogP contribution in [0.5, 0.6) is 5.75 Å². The van der Waals surface area contributed by atoms with Gasteiger partial charge in [-0.15, -0.1) is 0 Å². The molecule has 1 aliphatic rings. The van der Waals surface area contributed by atoms with Gasteiger partial charge in [-0.25, -0.2) is 9.67 Å². The van der Waals surface area contributed by atoms with Crippen LogP contribution in [0.2, 0.25) is 0 Å². The number of pyridine rings is 1. The van der Waals surface area contributed by atoms with Crippen LogP contribution < -0.4 is 15.4 Å². The van der Waals surface area contributed by atoms with Gasteiger partial charge in [0, 0.05) is 31.9 Å². The van der Waals surface area contributed by atoms with Crippen LogP contribution in [-0.2, 0) is 13.0 Å². The smallest absolute Gasteiger partial charge is 0.191 e. The second-order valence-corrected chi connectivity index (χ2v) is 7.22. The number of nitrogens with one attached hydrogen (secondary N) is 2. The number of ether oxygens (including phenoxy) is 1. The number of para-hydroxylation sites is 1. The number of aliphatic imine (C=N–C) groups is 1. The number of guanidine groups is 1. The predicted octanol–water partition coefficient (Wildman–Crippen LogP) is 2.55. The van der Waals surface area contributed by atoms with Crippen molar-refractivity contribution in [1.29, 1.82) is 0 Å². The summed E-state index contributed by atoms with van der Waals surface area (Å²) in [4.78, 5) is 8.84. The van der Waals surface area contributed by atoms with Crippen LogP contribution in [0, 0.1) is 13.8 Å². The highest BCUT2D eigenvalue weighted by molar-refractivity contribution is 5.79.